The molecule has 0 atom stereocenters. The Morgan fingerprint density at radius 1 is 1.53 bits per heavy atom. The molecule has 2 N–H and O–H groups in total. The van der Waals surface area contributed by atoms with Crippen LogP contribution in [0.4, 0.5) is 5.13 Å². The van der Waals surface area contributed by atoms with Gasteiger partial charge < -0.3 is 10.4 Å². The quantitative estimate of drug-likeness (QED) is 0.765. The number of thiazole rings is 1. The number of nitrogens with zero attached hydrogens (tertiary/aromatic N) is 1. The summed E-state index contributed by atoms with van der Waals surface area (Å²) in [6.45, 7) is 0.892. The van der Waals surface area contributed by atoms with Gasteiger partial charge in [0.2, 0.25) is 0 Å². The van der Waals surface area contributed by atoms with Crippen molar-refractivity contribution in [2.45, 2.75) is 38.5 Å². The highest BCUT2D eigenvalue weighted by atomic mass is 32.1. The standard InChI is InChI=1S/C12H18N2O2S/c15-11(16)10-8-14-12(17-10)13-7-3-6-9-4-1-2-5-9/h8-9H,1-7H2,(H,13,14)(H,15,16). The van der Waals surface area contributed by atoms with Crippen molar-refractivity contribution in [1.29, 1.82) is 0 Å². The summed E-state index contributed by atoms with van der Waals surface area (Å²) in [7, 11) is 0. The fraction of sp³-hybridized carbons (Fsp3) is 0.667. The van der Waals surface area contributed by atoms with Crippen LogP contribution in [-0.2, 0) is 0 Å². The molecular weight excluding hydrogens is 236 g/mol. The van der Waals surface area contributed by atoms with Crippen molar-refractivity contribution in [3.63, 3.8) is 0 Å². The molecule has 0 bridgehead atoms. The first-order chi connectivity index (χ1) is 8.25. The molecule has 1 saturated carbocycles. The van der Waals surface area contributed by atoms with E-state index in [4.69, 9.17) is 5.11 Å². The lowest BCUT2D eigenvalue weighted by molar-refractivity contribution is 0.0702. The molecule has 5 heteroatoms. The zero-order valence-electron chi connectivity index (χ0n) is 9.82. The molecule has 94 valence electrons. The molecule has 1 aromatic rings. The Labute approximate surface area is 105 Å². The molecule has 0 aliphatic heterocycles. The monoisotopic (exact) mass is 254 g/mol. The fourth-order valence-electron chi connectivity index (χ4n) is 2.34. The second-order valence-electron chi connectivity index (χ2n) is 4.55. The second kappa shape index (κ2) is 6.00. The van der Waals surface area contributed by atoms with Crippen LogP contribution in [0.25, 0.3) is 0 Å². The molecule has 0 radical (unpaired) electrons. The first-order valence-electron chi connectivity index (χ1n) is 6.18. The minimum Gasteiger partial charge on any atom is -0.477 e. The van der Waals surface area contributed by atoms with E-state index in [1.807, 2.05) is 0 Å². The zero-order valence-corrected chi connectivity index (χ0v) is 10.6. The molecule has 1 aromatic heterocycles. The number of nitrogens with one attached hydrogen (secondary N) is 1. The van der Waals surface area contributed by atoms with Gasteiger partial charge in [-0.25, -0.2) is 9.78 Å². The number of aromatic carboxylic acids is 1. The van der Waals surface area contributed by atoms with Gasteiger partial charge in [0.25, 0.3) is 0 Å². The van der Waals surface area contributed by atoms with Crippen LogP contribution in [0.15, 0.2) is 6.20 Å². The van der Waals surface area contributed by atoms with E-state index in [0.29, 0.717) is 10.0 Å². The summed E-state index contributed by atoms with van der Waals surface area (Å²) in [5.74, 6) is 0.0178. The Morgan fingerprint density at radius 2 is 2.29 bits per heavy atom. The van der Waals surface area contributed by atoms with Gasteiger partial charge in [-0.1, -0.05) is 37.0 Å². The van der Waals surface area contributed by atoms with Crippen LogP contribution in [0.1, 0.15) is 48.2 Å². The molecule has 1 heterocycles. The van der Waals surface area contributed by atoms with Crippen molar-refractivity contribution >= 4 is 22.4 Å². The van der Waals surface area contributed by atoms with Gasteiger partial charge in [-0.3, -0.25) is 0 Å². The van der Waals surface area contributed by atoms with Crippen molar-refractivity contribution in [1.82, 2.24) is 4.98 Å². The number of hydrogen-bond acceptors (Lipinski definition) is 4. The molecule has 17 heavy (non-hydrogen) atoms. The highest BCUT2D eigenvalue weighted by Crippen LogP contribution is 2.28. The maximum atomic E-state index is 10.7. The lowest BCUT2D eigenvalue weighted by atomic mass is 10.0. The minimum atomic E-state index is -0.901. The lowest BCUT2D eigenvalue weighted by Gasteiger charge is -2.08. The van der Waals surface area contributed by atoms with Crippen molar-refractivity contribution < 1.29 is 9.90 Å². The highest BCUT2D eigenvalue weighted by molar-refractivity contribution is 7.17. The smallest absolute Gasteiger partial charge is 0.347 e. The SMILES string of the molecule is O=C(O)c1cnc(NCCCC2CCCC2)s1. The predicted octanol–water partition coefficient (Wildman–Crippen LogP) is 3.22. The largest absolute Gasteiger partial charge is 0.477 e. The summed E-state index contributed by atoms with van der Waals surface area (Å²) in [4.78, 5) is 15.0. The fourth-order valence-corrected chi connectivity index (χ4v) is 3.02. The molecule has 2 rings (SSSR count). The minimum absolute atomic E-state index is 0.295. The van der Waals surface area contributed by atoms with Gasteiger partial charge in [0.15, 0.2) is 5.13 Å². The molecule has 0 aromatic carbocycles. The van der Waals surface area contributed by atoms with Gasteiger partial charge in [-0.05, 0) is 18.8 Å². The Kier molecular flexibility index (Phi) is 4.36. The van der Waals surface area contributed by atoms with Crippen molar-refractivity contribution in [3.8, 4) is 0 Å². The van der Waals surface area contributed by atoms with Crippen LogP contribution in [0.2, 0.25) is 0 Å². The normalized spacial score (nSPS) is 16.2. The number of rotatable bonds is 6. The summed E-state index contributed by atoms with van der Waals surface area (Å²) < 4.78 is 0. The maximum absolute atomic E-state index is 10.7. The van der Waals surface area contributed by atoms with Crippen molar-refractivity contribution in [3.05, 3.63) is 11.1 Å². The van der Waals surface area contributed by atoms with E-state index in [-0.39, 0.29) is 0 Å². The third-order valence-corrected chi connectivity index (χ3v) is 4.20. The third-order valence-electron chi connectivity index (χ3n) is 3.26. The number of anilines is 1. The number of hydrogen-bond donors (Lipinski definition) is 2. The van der Waals surface area contributed by atoms with Crippen molar-refractivity contribution in [2.24, 2.45) is 5.92 Å². The molecule has 0 spiro atoms. The maximum Gasteiger partial charge on any atom is 0.347 e. The van der Waals surface area contributed by atoms with E-state index >= 15 is 0 Å². The summed E-state index contributed by atoms with van der Waals surface area (Å²) in [6, 6.07) is 0. The first-order valence-corrected chi connectivity index (χ1v) is 7.00. The molecule has 1 aliphatic carbocycles. The third kappa shape index (κ3) is 3.70. The van der Waals surface area contributed by atoms with Gasteiger partial charge in [0, 0.05) is 6.54 Å². The van der Waals surface area contributed by atoms with Gasteiger partial charge >= 0.3 is 5.97 Å². The molecule has 0 saturated heterocycles. The Morgan fingerprint density at radius 3 is 2.94 bits per heavy atom. The number of carbonyl (C=O) groups is 1. The van der Waals surface area contributed by atoms with E-state index in [1.54, 1.807) is 0 Å². The van der Waals surface area contributed by atoms with Crippen LogP contribution in [0.3, 0.4) is 0 Å². The zero-order chi connectivity index (χ0) is 12.1. The van der Waals surface area contributed by atoms with Crippen LogP contribution in [0, 0.1) is 5.92 Å². The van der Waals surface area contributed by atoms with Crippen LogP contribution in [-0.4, -0.2) is 22.6 Å². The molecule has 0 amide bonds. The molecule has 0 unspecified atom stereocenters. The van der Waals surface area contributed by atoms with E-state index in [2.05, 4.69) is 10.3 Å². The van der Waals surface area contributed by atoms with E-state index < -0.39 is 5.97 Å². The first kappa shape index (κ1) is 12.4. The van der Waals surface area contributed by atoms with E-state index in [1.165, 1.54) is 49.6 Å². The summed E-state index contributed by atoms with van der Waals surface area (Å²) in [6.07, 6.45) is 9.41. The molecular formula is C12H18N2O2S. The van der Waals surface area contributed by atoms with Crippen molar-refractivity contribution in [2.75, 3.05) is 11.9 Å². The van der Waals surface area contributed by atoms with Gasteiger partial charge in [0.1, 0.15) is 4.88 Å². The Hall–Kier alpha value is -1.10. The van der Waals surface area contributed by atoms with Crippen LogP contribution >= 0.6 is 11.3 Å². The van der Waals surface area contributed by atoms with Gasteiger partial charge in [-0.15, -0.1) is 0 Å². The summed E-state index contributed by atoms with van der Waals surface area (Å²) in [5.41, 5.74) is 0. The molecule has 1 fully saturated rings. The summed E-state index contributed by atoms with van der Waals surface area (Å²) >= 11 is 1.20. The lowest BCUT2D eigenvalue weighted by Crippen LogP contribution is -2.03. The average molecular weight is 254 g/mol. The van der Waals surface area contributed by atoms with Gasteiger partial charge in [-0.2, -0.15) is 0 Å². The highest BCUT2D eigenvalue weighted by Gasteiger charge is 2.14. The second-order valence-corrected chi connectivity index (χ2v) is 5.58. The predicted molar refractivity (Wildman–Crippen MR) is 68.8 cm³/mol. The topological polar surface area (TPSA) is 62.2 Å². The Bertz CT molecular complexity index is 372. The molecule has 1 aliphatic rings. The average Bonchev–Trinajstić information content (AvgIpc) is 2.96. The number of aromatic nitrogens is 1. The number of carboxylic acids is 1. The Balaban J connectivity index is 1.65. The summed E-state index contributed by atoms with van der Waals surface area (Å²) in [5, 5.41) is 12.7. The van der Waals surface area contributed by atoms with Crippen LogP contribution < -0.4 is 5.32 Å². The molecule has 4 nitrogen and oxygen atoms in total. The van der Waals surface area contributed by atoms with Crippen LogP contribution in [0.5, 0.6) is 0 Å². The number of carboxylic acid groups (broad SMARTS) is 1. The van der Waals surface area contributed by atoms with Gasteiger partial charge in [0.05, 0.1) is 6.20 Å². The van der Waals surface area contributed by atoms with E-state index in [9.17, 15) is 4.79 Å². The van der Waals surface area contributed by atoms with E-state index in [0.717, 1.165) is 18.9 Å².